The molecule has 2 fully saturated rings. The predicted octanol–water partition coefficient (Wildman–Crippen LogP) is 4.50. The summed E-state index contributed by atoms with van der Waals surface area (Å²) in [7, 11) is 1.56. The van der Waals surface area contributed by atoms with Gasteiger partial charge < -0.3 is 19.1 Å². The number of hydrogen-bond donors (Lipinski definition) is 0. The Labute approximate surface area is 232 Å². The summed E-state index contributed by atoms with van der Waals surface area (Å²) in [6.45, 7) is 0.827. The fourth-order valence-corrected chi connectivity index (χ4v) is 6.77. The normalized spacial score (nSPS) is 24.4. The van der Waals surface area contributed by atoms with Gasteiger partial charge in [-0.25, -0.2) is 4.90 Å². The van der Waals surface area contributed by atoms with Crippen LogP contribution in [0.1, 0.15) is 15.9 Å². The molecule has 0 unspecified atom stereocenters. The lowest BCUT2D eigenvalue weighted by Gasteiger charge is -2.36. The molecule has 0 N–H and O–H groups in total. The van der Waals surface area contributed by atoms with Gasteiger partial charge in [0.15, 0.2) is 17.3 Å². The number of carbonyl (C=O) groups excluding carboxylic acids is 3. The van der Waals surface area contributed by atoms with Gasteiger partial charge in [-0.15, -0.1) is 0 Å². The van der Waals surface area contributed by atoms with Crippen molar-refractivity contribution in [3.05, 3.63) is 82.3 Å². The fraction of sp³-hybridized carbons (Fsp3) is 0.233. The van der Waals surface area contributed by atoms with Crippen molar-refractivity contribution in [1.82, 2.24) is 0 Å². The summed E-state index contributed by atoms with van der Waals surface area (Å²) in [4.78, 5) is 45.6. The summed E-state index contributed by atoms with van der Waals surface area (Å²) in [6, 6.07) is 16.6. The zero-order valence-corrected chi connectivity index (χ0v) is 22.5. The standard InChI is InChI=1S/C30H23BrN2O6/c1-37-22-10-7-17(14-19(22)31)28(34)27-26-25(21-9-6-16-4-2-3-5-20(16)33(21)27)29(35)32(30(26)36)18-8-11-23-24(15-18)39-13-12-38-23/h2-11,14-15,21,25-27H,12-13H2,1H3/t21-,25-,26-,27-/m1/s1. The molecule has 9 heteroatoms. The quantitative estimate of drug-likeness (QED) is 0.328. The molecule has 0 aliphatic carbocycles. The number of ether oxygens (including phenoxy) is 3. The number of rotatable bonds is 4. The van der Waals surface area contributed by atoms with Crippen LogP contribution in [0.3, 0.4) is 0 Å². The molecule has 4 atom stereocenters. The third kappa shape index (κ3) is 3.52. The number of Topliss-reactive ketones (excluding diaryl/α,β-unsaturated/α-hetero) is 1. The smallest absolute Gasteiger partial charge is 0.240 e. The Morgan fingerprint density at radius 1 is 0.949 bits per heavy atom. The first-order chi connectivity index (χ1) is 19.0. The minimum atomic E-state index is -0.870. The number of fused-ring (bicyclic) bond motifs is 6. The van der Waals surface area contributed by atoms with Crippen LogP contribution in [-0.2, 0) is 9.59 Å². The molecule has 2 saturated heterocycles. The molecule has 4 aliphatic rings. The minimum Gasteiger partial charge on any atom is -0.496 e. The zero-order chi connectivity index (χ0) is 26.8. The van der Waals surface area contributed by atoms with Crippen molar-refractivity contribution in [2.75, 3.05) is 30.1 Å². The number of methoxy groups -OCH3 is 1. The van der Waals surface area contributed by atoms with Crippen molar-refractivity contribution in [2.45, 2.75) is 12.1 Å². The summed E-state index contributed by atoms with van der Waals surface area (Å²) >= 11 is 3.47. The van der Waals surface area contributed by atoms with E-state index in [-0.39, 0.29) is 11.7 Å². The van der Waals surface area contributed by atoms with Crippen LogP contribution >= 0.6 is 15.9 Å². The van der Waals surface area contributed by atoms with Gasteiger partial charge >= 0.3 is 0 Å². The van der Waals surface area contributed by atoms with Gasteiger partial charge in [-0.1, -0.05) is 30.4 Å². The first-order valence-corrected chi connectivity index (χ1v) is 13.5. The van der Waals surface area contributed by atoms with Gasteiger partial charge in [0.2, 0.25) is 11.8 Å². The van der Waals surface area contributed by atoms with E-state index in [9.17, 15) is 14.4 Å². The molecule has 7 rings (SSSR count). The van der Waals surface area contributed by atoms with E-state index in [0.717, 1.165) is 11.3 Å². The highest BCUT2D eigenvalue weighted by molar-refractivity contribution is 9.10. The molecule has 0 spiro atoms. The molecular weight excluding hydrogens is 564 g/mol. The van der Waals surface area contributed by atoms with Gasteiger partial charge in [0.05, 0.1) is 35.1 Å². The van der Waals surface area contributed by atoms with Crippen LogP contribution in [0.15, 0.2) is 71.2 Å². The first kappa shape index (κ1) is 24.0. The Morgan fingerprint density at radius 2 is 1.72 bits per heavy atom. The lowest BCUT2D eigenvalue weighted by molar-refractivity contribution is -0.122. The number of carbonyl (C=O) groups is 3. The average molecular weight is 587 g/mol. The molecule has 0 radical (unpaired) electrons. The van der Waals surface area contributed by atoms with Crippen molar-refractivity contribution < 1.29 is 28.6 Å². The molecule has 4 heterocycles. The Morgan fingerprint density at radius 3 is 2.51 bits per heavy atom. The number of anilines is 2. The number of nitrogens with zero attached hydrogens (tertiary/aromatic N) is 2. The minimum absolute atomic E-state index is 0.230. The van der Waals surface area contributed by atoms with Gasteiger partial charge in [0.25, 0.3) is 0 Å². The maximum absolute atomic E-state index is 14.2. The molecule has 196 valence electrons. The summed E-state index contributed by atoms with van der Waals surface area (Å²) < 4.78 is 17.3. The SMILES string of the molecule is COc1ccc(C(=O)[C@H]2[C@@H]3C(=O)N(c4ccc5c(c4)OCCO5)C(=O)[C@@H]3[C@H]3C=Cc4ccccc4N32)cc1Br. The fourth-order valence-electron chi connectivity index (χ4n) is 6.23. The second-order valence-corrected chi connectivity index (χ2v) is 10.7. The van der Waals surface area contributed by atoms with Gasteiger partial charge in [0, 0.05) is 17.3 Å². The Hall–Kier alpha value is -4.11. The van der Waals surface area contributed by atoms with E-state index >= 15 is 0 Å². The van der Waals surface area contributed by atoms with Crippen LogP contribution in [0.4, 0.5) is 11.4 Å². The van der Waals surface area contributed by atoms with Gasteiger partial charge in [0.1, 0.15) is 25.0 Å². The summed E-state index contributed by atoms with van der Waals surface area (Å²) in [5, 5.41) is 0. The monoisotopic (exact) mass is 586 g/mol. The van der Waals surface area contributed by atoms with Crippen LogP contribution in [0, 0.1) is 11.8 Å². The second kappa shape index (κ2) is 8.98. The lowest BCUT2D eigenvalue weighted by Crippen LogP contribution is -2.48. The topological polar surface area (TPSA) is 85.4 Å². The zero-order valence-electron chi connectivity index (χ0n) is 20.9. The molecular formula is C30H23BrN2O6. The third-order valence-electron chi connectivity index (χ3n) is 7.90. The summed E-state index contributed by atoms with van der Waals surface area (Å²) in [6.07, 6.45) is 3.91. The number of hydrogen-bond acceptors (Lipinski definition) is 7. The lowest BCUT2D eigenvalue weighted by atomic mass is 9.86. The van der Waals surface area contributed by atoms with Crippen LogP contribution in [0.2, 0.25) is 0 Å². The van der Waals surface area contributed by atoms with Crippen LogP contribution in [0.5, 0.6) is 17.2 Å². The number of amides is 2. The number of para-hydroxylation sites is 1. The van der Waals surface area contributed by atoms with Crippen molar-refractivity contribution in [2.24, 2.45) is 11.8 Å². The van der Waals surface area contributed by atoms with E-state index in [1.807, 2.05) is 41.3 Å². The van der Waals surface area contributed by atoms with E-state index < -0.39 is 29.8 Å². The number of benzene rings is 3. The van der Waals surface area contributed by atoms with E-state index in [1.54, 1.807) is 43.5 Å². The van der Waals surface area contributed by atoms with Gasteiger partial charge in [-0.05, 0) is 57.9 Å². The highest BCUT2D eigenvalue weighted by Crippen LogP contribution is 2.50. The van der Waals surface area contributed by atoms with Crippen LogP contribution < -0.4 is 24.0 Å². The molecule has 0 saturated carbocycles. The molecule has 4 aliphatic heterocycles. The third-order valence-corrected chi connectivity index (χ3v) is 8.52. The highest BCUT2D eigenvalue weighted by atomic mass is 79.9. The Bertz CT molecular complexity index is 1590. The molecule has 3 aromatic rings. The maximum atomic E-state index is 14.2. The highest BCUT2D eigenvalue weighted by Gasteiger charge is 2.64. The summed E-state index contributed by atoms with van der Waals surface area (Å²) in [5.74, 6) is -0.880. The molecule has 0 bridgehead atoms. The Balaban J connectivity index is 1.34. The molecule has 8 nitrogen and oxygen atoms in total. The van der Waals surface area contributed by atoms with Crippen molar-refractivity contribution in [3.63, 3.8) is 0 Å². The average Bonchev–Trinajstić information content (AvgIpc) is 3.44. The van der Waals surface area contributed by atoms with Crippen molar-refractivity contribution in [3.8, 4) is 17.2 Å². The van der Waals surface area contributed by atoms with E-state index in [0.29, 0.717) is 46.2 Å². The number of imide groups is 1. The molecule has 3 aromatic carbocycles. The Kier molecular flexibility index (Phi) is 5.52. The maximum Gasteiger partial charge on any atom is 0.240 e. The van der Waals surface area contributed by atoms with Crippen molar-refractivity contribution >= 4 is 51.0 Å². The second-order valence-electron chi connectivity index (χ2n) is 9.87. The van der Waals surface area contributed by atoms with Crippen LogP contribution in [-0.4, -0.2) is 50.0 Å². The number of halogens is 1. The van der Waals surface area contributed by atoms with Crippen LogP contribution in [0.25, 0.3) is 6.08 Å². The molecule has 0 aromatic heterocycles. The van der Waals surface area contributed by atoms with E-state index in [4.69, 9.17) is 14.2 Å². The molecule has 39 heavy (non-hydrogen) atoms. The van der Waals surface area contributed by atoms with E-state index in [2.05, 4.69) is 15.9 Å². The van der Waals surface area contributed by atoms with Gasteiger partial charge in [-0.2, -0.15) is 0 Å². The predicted molar refractivity (Wildman–Crippen MR) is 147 cm³/mol. The largest absolute Gasteiger partial charge is 0.496 e. The van der Waals surface area contributed by atoms with Gasteiger partial charge in [-0.3, -0.25) is 14.4 Å². The molecule has 2 amide bonds. The summed E-state index contributed by atoms with van der Waals surface area (Å²) in [5.41, 5.74) is 2.61. The van der Waals surface area contributed by atoms with Crippen molar-refractivity contribution in [1.29, 1.82) is 0 Å². The first-order valence-electron chi connectivity index (χ1n) is 12.7. The van der Waals surface area contributed by atoms with E-state index in [1.165, 1.54) is 4.90 Å². The number of ketones is 1.